The van der Waals surface area contributed by atoms with E-state index in [0.29, 0.717) is 5.02 Å². The number of benzene rings is 1. The normalized spacial score (nSPS) is 11.8. The van der Waals surface area contributed by atoms with Crippen LogP contribution < -0.4 is 5.32 Å². The number of anilines is 1. The van der Waals surface area contributed by atoms with Crippen molar-refractivity contribution in [2.75, 3.05) is 5.32 Å². The first-order chi connectivity index (χ1) is 10.8. The quantitative estimate of drug-likeness (QED) is 0.853. The number of nitrogens with one attached hydrogen (secondary N) is 1. The molecule has 1 aromatic carbocycles. The topological polar surface area (TPSA) is 95.7 Å². The van der Waals surface area contributed by atoms with Gasteiger partial charge in [-0.2, -0.15) is 5.26 Å². The van der Waals surface area contributed by atoms with Crippen molar-refractivity contribution < 1.29 is 8.42 Å². The summed E-state index contributed by atoms with van der Waals surface area (Å²) < 4.78 is 24.8. The highest BCUT2D eigenvalue weighted by molar-refractivity contribution is 7.95. The predicted octanol–water partition coefficient (Wildman–Crippen LogP) is 3.00. The number of halogens is 1. The number of aromatic nitrogens is 2. The van der Waals surface area contributed by atoms with Crippen molar-refractivity contribution >= 4 is 27.4 Å². The van der Waals surface area contributed by atoms with E-state index < -0.39 is 14.7 Å². The molecule has 1 aromatic heterocycles. The Bertz CT molecular complexity index is 880. The van der Waals surface area contributed by atoms with Crippen molar-refractivity contribution in [3.63, 3.8) is 0 Å². The van der Waals surface area contributed by atoms with Gasteiger partial charge in [0.25, 0.3) is 0 Å². The molecule has 0 saturated heterocycles. The van der Waals surface area contributed by atoms with Crippen LogP contribution in [0, 0.1) is 25.2 Å². The van der Waals surface area contributed by atoms with E-state index in [1.807, 2.05) is 0 Å². The lowest BCUT2D eigenvalue weighted by Crippen LogP contribution is -2.07. The summed E-state index contributed by atoms with van der Waals surface area (Å²) in [4.78, 5) is 7.78. The number of allylic oxidation sites excluding steroid dienone is 1. The van der Waals surface area contributed by atoms with Gasteiger partial charge in [0.05, 0.1) is 4.90 Å². The molecule has 6 nitrogen and oxygen atoms in total. The molecule has 2 aromatic rings. The van der Waals surface area contributed by atoms with Crippen molar-refractivity contribution in [2.45, 2.75) is 18.7 Å². The lowest BCUT2D eigenvalue weighted by molar-refractivity contribution is 0.603. The molecule has 0 spiro atoms. The summed E-state index contributed by atoms with van der Waals surface area (Å²) in [5, 5.41) is 12.2. The van der Waals surface area contributed by atoms with Crippen LogP contribution in [-0.2, 0) is 9.84 Å². The Morgan fingerprint density at radius 2 is 1.78 bits per heavy atom. The smallest absolute Gasteiger partial charge is 0.227 e. The Balaban J connectivity index is 2.35. The van der Waals surface area contributed by atoms with Crippen molar-refractivity contribution in [2.24, 2.45) is 0 Å². The Morgan fingerprint density at radius 3 is 2.30 bits per heavy atom. The summed E-state index contributed by atoms with van der Waals surface area (Å²) in [7, 11) is -3.93. The molecule has 0 aliphatic heterocycles. The Labute approximate surface area is 139 Å². The van der Waals surface area contributed by atoms with Crippen molar-refractivity contribution in [1.29, 1.82) is 5.26 Å². The van der Waals surface area contributed by atoms with Gasteiger partial charge in [0, 0.05) is 22.6 Å². The molecule has 2 rings (SSSR count). The molecule has 0 radical (unpaired) electrons. The minimum absolute atomic E-state index is 0.0159. The van der Waals surface area contributed by atoms with Crippen LogP contribution in [0.2, 0.25) is 5.02 Å². The van der Waals surface area contributed by atoms with E-state index in [0.717, 1.165) is 17.6 Å². The molecule has 0 aliphatic rings. The molecule has 23 heavy (non-hydrogen) atoms. The zero-order valence-electron chi connectivity index (χ0n) is 12.4. The third-order valence-corrected chi connectivity index (χ3v) is 4.77. The maximum absolute atomic E-state index is 12.4. The van der Waals surface area contributed by atoms with Crippen LogP contribution in [0.3, 0.4) is 0 Å². The SMILES string of the molecule is Cc1cc(C)nc(N/C=C(\C#N)S(=O)(=O)c2ccc(Cl)cc2)n1. The van der Waals surface area contributed by atoms with E-state index in [2.05, 4.69) is 15.3 Å². The van der Waals surface area contributed by atoms with Gasteiger partial charge >= 0.3 is 0 Å². The van der Waals surface area contributed by atoms with Crippen LogP contribution in [0.15, 0.2) is 46.3 Å². The number of sulfone groups is 1. The largest absolute Gasteiger partial charge is 0.329 e. The van der Waals surface area contributed by atoms with Gasteiger partial charge in [-0.3, -0.25) is 0 Å². The van der Waals surface area contributed by atoms with Gasteiger partial charge < -0.3 is 5.32 Å². The van der Waals surface area contributed by atoms with Crippen LogP contribution >= 0.6 is 11.6 Å². The predicted molar refractivity (Wildman–Crippen MR) is 87.5 cm³/mol. The van der Waals surface area contributed by atoms with Gasteiger partial charge in [0.2, 0.25) is 15.8 Å². The molecule has 1 heterocycles. The zero-order chi connectivity index (χ0) is 17.0. The molecule has 0 aliphatic carbocycles. The summed E-state index contributed by atoms with van der Waals surface area (Å²) >= 11 is 5.74. The third kappa shape index (κ3) is 4.06. The van der Waals surface area contributed by atoms with Gasteiger partial charge in [0.15, 0.2) is 4.91 Å². The lowest BCUT2D eigenvalue weighted by Gasteiger charge is -2.05. The fraction of sp³-hybridized carbons (Fsp3) is 0.133. The standard InChI is InChI=1S/C15H13ClN4O2S/c1-10-7-11(2)20-15(19-10)18-9-14(8-17)23(21,22)13-5-3-12(16)4-6-13/h3-7,9H,1-2H3,(H,18,19,20)/b14-9+. The number of nitrogens with zero attached hydrogens (tertiary/aromatic N) is 3. The summed E-state index contributed by atoms with van der Waals surface area (Å²) in [6, 6.07) is 9.04. The molecule has 0 atom stereocenters. The minimum Gasteiger partial charge on any atom is -0.329 e. The summed E-state index contributed by atoms with van der Waals surface area (Å²) in [5.74, 6) is 0.224. The average molecular weight is 349 g/mol. The summed E-state index contributed by atoms with van der Waals surface area (Å²) in [6.07, 6.45) is 1.08. The third-order valence-electron chi connectivity index (χ3n) is 2.84. The van der Waals surface area contributed by atoms with E-state index in [-0.39, 0.29) is 10.8 Å². The second-order valence-electron chi connectivity index (χ2n) is 4.70. The molecular formula is C15H13ClN4O2S. The summed E-state index contributed by atoms with van der Waals surface area (Å²) in [5.41, 5.74) is 1.46. The number of nitriles is 1. The van der Waals surface area contributed by atoms with Crippen molar-refractivity contribution in [3.8, 4) is 6.07 Å². The first-order valence-electron chi connectivity index (χ1n) is 6.52. The van der Waals surface area contributed by atoms with Crippen LogP contribution in [0.5, 0.6) is 0 Å². The first kappa shape index (κ1) is 16.9. The van der Waals surface area contributed by atoms with Gasteiger partial charge in [-0.05, 0) is 44.2 Å². The van der Waals surface area contributed by atoms with Crippen LogP contribution in [0.4, 0.5) is 5.95 Å². The summed E-state index contributed by atoms with van der Waals surface area (Å²) in [6.45, 7) is 3.58. The van der Waals surface area contributed by atoms with E-state index in [9.17, 15) is 8.42 Å². The molecule has 118 valence electrons. The Hall–Kier alpha value is -2.43. The maximum Gasteiger partial charge on any atom is 0.227 e. The van der Waals surface area contributed by atoms with E-state index >= 15 is 0 Å². The maximum atomic E-state index is 12.4. The van der Waals surface area contributed by atoms with Crippen molar-refractivity contribution in [1.82, 2.24) is 9.97 Å². The van der Waals surface area contributed by atoms with Crippen molar-refractivity contribution in [3.05, 3.63) is 57.8 Å². The van der Waals surface area contributed by atoms with Gasteiger partial charge in [-0.15, -0.1) is 0 Å². The van der Waals surface area contributed by atoms with Crippen LogP contribution in [-0.4, -0.2) is 18.4 Å². The number of rotatable bonds is 4. The zero-order valence-corrected chi connectivity index (χ0v) is 14.0. The number of hydrogen-bond acceptors (Lipinski definition) is 6. The molecule has 0 bridgehead atoms. The lowest BCUT2D eigenvalue weighted by atomic mass is 10.4. The van der Waals surface area contributed by atoms with Gasteiger partial charge in [0.1, 0.15) is 6.07 Å². The monoisotopic (exact) mass is 348 g/mol. The minimum atomic E-state index is -3.93. The first-order valence-corrected chi connectivity index (χ1v) is 8.39. The molecule has 0 saturated carbocycles. The molecule has 8 heteroatoms. The Morgan fingerprint density at radius 1 is 1.22 bits per heavy atom. The molecule has 0 fully saturated rings. The van der Waals surface area contributed by atoms with E-state index in [4.69, 9.17) is 16.9 Å². The van der Waals surface area contributed by atoms with Crippen LogP contribution in [0.1, 0.15) is 11.4 Å². The number of aryl methyl sites for hydroxylation is 2. The highest BCUT2D eigenvalue weighted by Crippen LogP contribution is 2.21. The Kier molecular flexibility index (Phi) is 4.98. The van der Waals surface area contributed by atoms with Gasteiger partial charge in [-0.1, -0.05) is 11.6 Å². The number of hydrogen-bond donors (Lipinski definition) is 1. The second-order valence-corrected chi connectivity index (χ2v) is 7.05. The molecule has 1 N–H and O–H groups in total. The average Bonchev–Trinajstić information content (AvgIpc) is 2.47. The van der Waals surface area contributed by atoms with E-state index in [1.54, 1.807) is 26.0 Å². The fourth-order valence-corrected chi connectivity index (χ4v) is 3.04. The molecular weight excluding hydrogens is 336 g/mol. The molecule has 0 unspecified atom stereocenters. The highest BCUT2D eigenvalue weighted by Gasteiger charge is 2.20. The fourth-order valence-electron chi connectivity index (χ4n) is 1.83. The molecule has 0 amide bonds. The second kappa shape index (κ2) is 6.77. The van der Waals surface area contributed by atoms with Crippen LogP contribution in [0.25, 0.3) is 0 Å². The van der Waals surface area contributed by atoms with Gasteiger partial charge in [-0.25, -0.2) is 18.4 Å². The van der Waals surface area contributed by atoms with E-state index in [1.165, 1.54) is 24.3 Å². The highest BCUT2D eigenvalue weighted by atomic mass is 35.5.